The number of H-pyrrole nitrogens is 1. The van der Waals surface area contributed by atoms with Crippen molar-refractivity contribution in [2.75, 3.05) is 13.1 Å². The highest BCUT2D eigenvalue weighted by Crippen LogP contribution is 2.27. The van der Waals surface area contributed by atoms with Gasteiger partial charge in [-0.2, -0.15) is 0 Å². The van der Waals surface area contributed by atoms with Gasteiger partial charge in [0.2, 0.25) is 5.91 Å². The molecule has 0 saturated carbocycles. The molecule has 1 amide bonds. The van der Waals surface area contributed by atoms with Gasteiger partial charge in [-0.3, -0.25) is 4.79 Å². The lowest BCUT2D eigenvalue weighted by Gasteiger charge is -2.32. The highest BCUT2D eigenvalue weighted by Gasteiger charge is 2.26. The van der Waals surface area contributed by atoms with Crippen molar-refractivity contribution < 1.29 is 4.79 Å². The van der Waals surface area contributed by atoms with Gasteiger partial charge in [-0.15, -0.1) is 0 Å². The van der Waals surface area contributed by atoms with Gasteiger partial charge in [0.05, 0.1) is 11.0 Å². The summed E-state index contributed by atoms with van der Waals surface area (Å²) in [5.41, 5.74) is 3.20. The van der Waals surface area contributed by atoms with E-state index in [4.69, 9.17) is 16.6 Å². The van der Waals surface area contributed by atoms with Crippen LogP contribution in [-0.4, -0.2) is 33.9 Å². The number of halogens is 1. The van der Waals surface area contributed by atoms with E-state index in [0.29, 0.717) is 6.42 Å². The topological polar surface area (TPSA) is 49.0 Å². The minimum atomic E-state index is 0.223. The molecule has 1 saturated heterocycles. The summed E-state index contributed by atoms with van der Waals surface area (Å²) in [4.78, 5) is 22.8. The number of rotatable bonds is 4. The lowest BCUT2D eigenvalue weighted by atomic mass is 9.97. The second-order valence-corrected chi connectivity index (χ2v) is 7.38. The molecule has 0 radical (unpaired) electrons. The van der Waals surface area contributed by atoms with Crippen LogP contribution in [0, 0.1) is 0 Å². The highest BCUT2D eigenvalue weighted by atomic mass is 35.5. The van der Waals surface area contributed by atoms with Crippen molar-refractivity contribution in [1.82, 2.24) is 14.9 Å². The van der Waals surface area contributed by atoms with Crippen molar-refractivity contribution in [3.63, 3.8) is 0 Å². The minimum absolute atomic E-state index is 0.223. The van der Waals surface area contributed by atoms with E-state index in [2.05, 4.69) is 4.98 Å². The predicted molar refractivity (Wildman–Crippen MR) is 104 cm³/mol. The molecule has 26 heavy (non-hydrogen) atoms. The van der Waals surface area contributed by atoms with Crippen LogP contribution in [0.5, 0.6) is 0 Å². The SMILES string of the molecule is O=C(CCc1ccc(Cl)cc1)N1CCC[C@@H](c2nc3ccccc3[nH]2)C1. The van der Waals surface area contributed by atoms with E-state index in [0.717, 1.165) is 59.8 Å². The van der Waals surface area contributed by atoms with Gasteiger partial charge in [0.1, 0.15) is 5.82 Å². The molecule has 0 aliphatic carbocycles. The Morgan fingerprint density at radius 1 is 1.19 bits per heavy atom. The summed E-state index contributed by atoms with van der Waals surface area (Å²) in [6.45, 7) is 1.59. The van der Waals surface area contributed by atoms with Gasteiger partial charge < -0.3 is 9.88 Å². The average Bonchev–Trinajstić information content (AvgIpc) is 3.12. The molecular formula is C21H22ClN3O. The number of likely N-dealkylation sites (tertiary alicyclic amines) is 1. The van der Waals surface area contributed by atoms with E-state index in [1.807, 2.05) is 53.4 Å². The number of hydrogen-bond acceptors (Lipinski definition) is 2. The fourth-order valence-corrected chi connectivity index (χ4v) is 3.78. The van der Waals surface area contributed by atoms with Gasteiger partial charge in [-0.25, -0.2) is 4.98 Å². The Morgan fingerprint density at radius 2 is 2.00 bits per heavy atom. The Hall–Kier alpha value is -2.33. The third-order valence-electron chi connectivity index (χ3n) is 5.11. The third kappa shape index (κ3) is 3.75. The number of amides is 1. The van der Waals surface area contributed by atoms with Crippen LogP contribution in [0.25, 0.3) is 11.0 Å². The number of aromatic amines is 1. The zero-order valence-corrected chi connectivity index (χ0v) is 15.4. The molecule has 1 aliphatic heterocycles. The van der Waals surface area contributed by atoms with E-state index < -0.39 is 0 Å². The van der Waals surface area contributed by atoms with Crippen molar-refractivity contribution in [2.45, 2.75) is 31.6 Å². The maximum atomic E-state index is 12.7. The molecule has 0 spiro atoms. The molecule has 4 nitrogen and oxygen atoms in total. The number of imidazole rings is 1. The summed E-state index contributed by atoms with van der Waals surface area (Å²) in [7, 11) is 0. The van der Waals surface area contributed by atoms with Gasteiger partial charge in [0, 0.05) is 30.5 Å². The van der Waals surface area contributed by atoms with Gasteiger partial charge >= 0.3 is 0 Å². The first-order valence-electron chi connectivity index (χ1n) is 9.16. The van der Waals surface area contributed by atoms with Crippen LogP contribution >= 0.6 is 11.6 Å². The number of para-hydroxylation sites is 2. The maximum absolute atomic E-state index is 12.7. The summed E-state index contributed by atoms with van der Waals surface area (Å²) in [5.74, 6) is 1.51. The van der Waals surface area contributed by atoms with Crippen molar-refractivity contribution >= 4 is 28.5 Å². The molecule has 1 atom stereocenters. The van der Waals surface area contributed by atoms with Gasteiger partial charge in [0.15, 0.2) is 0 Å². The van der Waals surface area contributed by atoms with Crippen LogP contribution < -0.4 is 0 Å². The molecule has 1 aliphatic rings. The second kappa shape index (κ2) is 7.50. The van der Waals surface area contributed by atoms with Crippen molar-refractivity contribution in [3.05, 3.63) is 64.9 Å². The Bertz CT molecular complexity index is 870. The number of fused-ring (bicyclic) bond motifs is 1. The molecule has 0 unspecified atom stereocenters. The Morgan fingerprint density at radius 3 is 2.81 bits per heavy atom. The molecule has 5 heteroatoms. The molecule has 134 valence electrons. The lowest BCUT2D eigenvalue weighted by molar-refractivity contribution is -0.132. The van der Waals surface area contributed by atoms with Crippen LogP contribution in [0.4, 0.5) is 0 Å². The summed E-state index contributed by atoms with van der Waals surface area (Å²) in [6, 6.07) is 15.8. The molecule has 1 fully saturated rings. The van der Waals surface area contributed by atoms with Crippen molar-refractivity contribution in [1.29, 1.82) is 0 Å². The van der Waals surface area contributed by atoms with Crippen LogP contribution in [0.2, 0.25) is 5.02 Å². The Balaban J connectivity index is 1.39. The van der Waals surface area contributed by atoms with E-state index in [1.54, 1.807) is 0 Å². The fraction of sp³-hybridized carbons (Fsp3) is 0.333. The molecule has 1 aromatic heterocycles. The number of carbonyl (C=O) groups excluding carboxylic acids is 1. The van der Waals surface area contributed by atoms with Gasteiger partial charge in [-0.1, -0.05) is 35.9 Å². The van der Waals surface area contributed by atoms with E-state index >= 15 is 0 Å². The highest BCUT2D eigenvalue weighted by molar-refractivity contribution is 6.30. The molecular weight excluding hydrogens is 346 g/mol. The molecule has 0 bridgehead atoms. The van der Waals surface area contributed by atoms with Crippen LogP contribution in [0.1, 0.15) is 36.6 Å². The largest absolute Gasteiger partial charge is 0.342 e. The first kappa shape index (κ1) is 17.1. The zero-order valence-electron chi connectivity index (χ0n) is 14.6. The van der Waals surface area contributed by atoms with E-state index in [9.17, 15) is 4.79 Å². The van der Waals surface area contributed by atoms with Gasteiger partial charge in [-0.05, 0) is 49.1 Å². The summed E-state index contributed by atoms with van der Waals surface area (Å²) < 4.78 is 0. The number of piperidine rings is 1. The number of nitrogens with one attached hydrogen (secondary N) is 1. The maximum Gasteiger partial charge on any atom is 0.222 e. The molecule has 3 aromatic rings. The Kier molecular flexibility index (Phi) is 4.93. The summed E-state index contributed by atoms with van der Waals surface area (Å²) >= 11 is 5.92. The summed E-state index contributed by atoms with van der Waals surface area (Å²) in [5, 5.41) is 0.727. The third-order valence-corrected chi connectivity index (χ3v) is 5.36. The smallest absolute Gasteiger partial charge is 0.222 e. The minimum Gasteiger partial charge on any atom is -0.342 e. The molecule has 2 aromatic carbocycles. The molecule has 1 N–H and O–H groups in total. The quantitative estimate of drug-likeness (QED) is 0.735. The van der Waals surface area contributed by atoms with E-state index in [1.165, 1.54) is 0 Å². The number of aromatic nitrogens is 2. The van der Waals surface area contributed by atoms with Crippen LogP contribution in [0.3, 0.4) is 0 Å². The number of nitrogens with zero attached hydrogens (tertiary/aromatic N) is 2. The molecule has 2 heterocycles. The van der Waals surface area contributed by atoms with Crippen LogP contribution in [0.15, 0.2) is 48.5 Å². The average molecular weight is 368 g/mol. The van der Waals surface area contributed by atoms with Crippen LogP contribution in [-0.2, 0) is 11.2 Å². The monoisotopic (exact) mass is 367 g/mol. The Labute approximate surface area is 158 Å². The standard InChI is InChI=1S/C21H22ClN3O/c22-17-10-7-15(8-11-17)9-12-20(26)25-13-3-4-16(14-25)21-23-18-5-1-2-6-19(18)24-21/h1-2,5-8,10-11,16H,3-4,9,12-14H2,(H,23,24)/t16-/m1/s1. The first-order valence-corrected chi connectivity index (χ1v) is 9.54. The van der Waals surface area contributed by atoms with Crippen molar-refractivity contribution in [3.8, 4) is 0 Å². The molecule has 4 rings (SSSR count). The zero-order chi connectivity index (χ0) is 17.9. The lowest BCUT2D eigenvalue weighted by Crippen LogP contribution is -2.39. The summed E-state index contributed by atoms with van der Waals surface area (Å²) in [6.07, 6.45) is 3.38. The second-order valence-electron chi connectivity index (χ2n) is 6.94. The normalized spacial score (nSPS) is 17.6. The number of carbonyl (C=O) groups is 1. The number of hydrogen-bond donors (Lipinski definition) is 1. The number of benzene rings is 2. The number of aryl methyl sites for hydroxylation is 1. The van der Waals surface area contributed by atoms with E-state index in [-0.39, 0.29) is 11.8 Å². The van der Waals surface area contributed by atoms with Gasteiger partial charge in [0.25, 0.3) is 0 Å². The fourth-order valence-electron chi connectivity index (χ4n) is 3.65. The van der Waals surface area contributed by atoms with Crippen molar-refractivity contribution in [2.24, 2.45) is 0 Å². The first-order chi connectivity index (χ1) is 12.7. The predicted octanol–water partition coefficient (Wildman–Crippen LogP) is 4.56.